The maximum Gasteiger partial charge on any atom is 0.0856 e. The zero-order valence-corrected chi connectivity index (χ0v) is 4.93. The van der Waals surface area contributed by atoms with Gasteiger partial charge in [-0.3, -0.25) is 3.71 Å². The van der Waals surface area contributed by atoms with Crippen molar-refractivity contribution in [2.24, 2.45) is 0 Å². The lowest BCUT2D eigenvalue weighted by Crippen LogP contribution is -1.85. The predicted molar refractivity (Wildman–Crippen MR) is 33.5 cm³/mol. The summed E-state index contributed by atoms with van der Waals surface area (Å²) >= 11 is 11.6. The average Bonchev–Trinajstić information content (AvgIpc) is 1.38. The fraction of sp³-hybridized carbons (Fsp3) is 0. The highest BCUT2D eigenvalue weighted by Gasteiger charge is 1.67. The molecule has 0 aliphatic carbocycles. The van der Waals surface area contributed by atoms with Crippen molar-refractivity contribution in [3.63, 3.8) is 0 Å². The van der Waals surface area contributed by atoms with Crippen molar-refractivity contribution < 1.29 is 0 Å². The summed E-state index contributed by atoms with van der Waals surface area (Å²) < 4.78 is 1.20. The van der Waals surface area contributed by atoms with Gasteiger partial charge in [0.1, 0.15) is 0 Å². The molecule has 0 aromatic carbocycles. The van der Waals surface area contributed by atoms with Gasteiger partial charge in [0.05, 0.1) is 5.49 Å². The summed E-state index contributed by atoms with van der Waals surface area (Å²) in [6, 6.07) is 0. The smallest absolute Gasteiger partial charge is 0.0856 e. The van der Waals surface area contributed by atoms with Crippen LogP contribution in [0.2, 0.25) is 0 Å². The Morgan fingerprint density at radius 3 is 1.80 bits per heavy atom. The Hall–Kier alpha value is 0.590. The number of hydrogen-bond acceptors (Lipinski definition) is 3. The minimum Gasteiger partial charge on any atom is -0.261 e. The van der Waals surface area contributed by atoms with Gasteiger partial charge in [0.15, 0.2) is 0 Å². The van der Waals surface area contributed by atoms with Gasteiger partial charge >= 0.3 is 0 Å². The Balaban J connectivity index is 2.83. The van der Waals surface area contributed by atoms with E-state index in [1.165, 1.54) is 9.20 Å². The van der Waals surface area contributed by atoms with Gasteiger partial charge in [-0.1, -0.05) is 37.8 Å². The molecular formula is CH3NS3. The van der Waals surface area contributed by atoms with E-state index in [4.69, 9.17) is 0 Å². The van der Waals surface area contributed by atoms with Crippen LogP contribution < -0.4 is 0 Å². The molecule has 0 atom stereocenters. The maximum absolute atomic E-state index is 4.32. The molecule has 5 heavy (non-hydrogen) atoms. The molecular weight excluding hydrogens is 122 g/mol. The van der Waals surface area contributed by atoms with Crippen LogP contribution in [0.3, 0.4) is 0 Å². The summed E-state index contributed by atoms with van der Waals surface area (Å²) in [5.74, 6) is 0. The SMILES string of the molecule is S=CN(S)S. The number of rotatable bonds is 1. The fourth-order valence-electron chi connectivity index (χ4n) is 0. The molecule has 0 aliphatic heterocycles. The van der Waals surface area contributed by atoms with Crippen molar-refractivity contribution in [2.45, 2.75) is 0 Å². The topological polar surface area (TPSA) is 3.24 Å². The van der Waals surface area contributed by atoms with E-state index in [1.54, 1.807) is 0 Å². The molecule has 0 aliphatic rings. The molecule has 30 valence electrons. The van der Waals surface area contributed by atoms with Crippen molar-refractivity contribution >= 4 is 43.3 Å². The first-order valence-electron chi connectivity index (χ1n) is 0.894. The lowest BCUT2D eigenvalue weighted by atomic mass is 11.6. The Labute approximate surface area is 47.4 Å². The van der Waals surface area contributed by atoms with Gasteiger partial charge in [0, 0.05) is 0 Å². The summed E-state index contributed by atoms with van der Waals surface area (Å²) in [5.41, 5.74) is 1.31. The second-order valence-corrected chi connectivity index (χ2v) is 1.81. The second-order valence-electron chi connectivity index (χ2n) is 0.426. The summed E-state index contributed by atoms with van der Waals surface area (Å²) in [7, 11) is 0. The third kappa shape index (κ3) is 4.59. The first kappa shape index (κ1) is 5.59. The Morgan fingerprint density at radius 2 is 1.80 bits per heavy atom. The van der Waals surface area contributed by atoms with Gasteiger partial charge in [0.25, 0.3) is 0 Å². The molecule has 0 heterocycles. The third-order valence-electron chi connectivity index (χ3n) is 0.0943. The lowest BCUT2D eigenvalue weighted by molar-refractivity contribution is 1.25. The quantitative estimate of drug-likeness (QED) is 0.396. The molecule has 0 N–H and O–H groups in total. The molecule has 0 spiro atoms. The molecule has 0 unspecified atom stereocenters. The van der Waals surface area contributed by atoms with Gasteiger partial charge < -0.3 is 0 Å². The molecule has 0 radical (unpaired) electrons. The molecule has 1 nitrogen and oxygen atoms in total. The van der Waals surface area contributed by atoms with E-state index in [1.807, 2.05) is 0 Å². The average molecular weight is 125 g/mol. The normalized spacial score (nSPS) is 6.80. The standard InChI is InChI=1S/CH3NS3/c3-1-2(4)5/h1,4-5H. The zero-order chi connectivity index (χ0) is 4.28. The number of thiocarbonyl (C=S) groups is 1. The Bertz CT molecular complexity index is 33.9. The summed E-state index contributed by atoms with van der Waals surface area (Å²) in [6.45, 7) is 0. The van der Waals surface area contributed by atoms with E-state index in [0.29, 0.717) is 0 Å². The first-order valence-corrected chi connectivity index (χ1v) is 2.17. The van der Waals surface area contributed by atoms with Crippen LogP contribution in [0, 0.1) is 0 Å². The highest BCUT2D eigenvalue weighted by Crippen LogP contribution is 1.88. The first-order chi connectivity index (χ1) is 2.27. The second kappa shape index (κ2) is 2.81. The molecule has 0 amide bonds. The molecule has 4 heteroatoms. The van der Waals surface area contributed by atoms with E-state index in [-0.39, 0.29) is 0 Å². The van der Waals surface area contributed by atoms with E-state index in [0.717, 1.165) is 0 Å². The fourth-order valence-corrected chi connectivity index (χ4v) is 0. The van der Waals surface area contributed by atoms with Crippen LogP contribution >= 0.6 is 37.8 Å². The zero-order valence-electron chi connectivity index (χ0n) is 2.33. The van der Waals surface area contributed by atoms with Crippen LogP contribution in [-0.2, 0) is 0 Å². The van der Waals surface area contributed by atoms with Gasteiger partial charge in [-0.15, -0.1) is 0 Å². The van der Waals surface area contributed by atoms with Crippen LogP contribution in [0.1, 0.15) is 0 Å². The molecule has 0 rings (SSSR count). The molecule has 0 saturated carbocycles. The lowest BCUT2D eigenvalue weighted by Gasteiger charge is -1.91. The molecule has 0 saturated heterocycles. The van der Waals surface area contributed by atoms with Crippen molar-refractivity contribution in [2.75, 3.05) is 0 Å². The van der Waals surface area contributed by atoms with Crippen LogP contribution in [0.15, 0.2) is 0 Å². The van der Waals surface area contributed by atoms with Gasteiger partial charge in [0.2, 0.25) is 0 Å². The van der Waals surface area contributed by atoms with Crippen molar-refractivity contribution in [1.82, 2.24) is 3.71 Å². The van der Waals surface area contributed by atoms with Crippen molar-refractivity contribution in [1.29, 1.82) is 0 Å². The summed E-state index contributed by atoms with van der Waals surface area (Å²) in [6.07, 6.45) is 0. The monoisotopic (exact) mass is 125 g/mol. The Kier molecular flexibility index (Phi) is 3.14. The van der Waals surface area contributed by atoms with Gasteiger partial charge in [-0.05, 0) is 0 Å². The van der Waals surface area contributed by atoms with E-state index >= 15 is 0 Å². The largest absolute Gasteiger partial charge is 0.261 e. The molecule has 0 fully saturated rings. The van der Waals surface area contributed by atoms with E-state index in [2.05, 4.69) is 37.8 Å². The maximum atomic E-state index is 4.32. The summed E-state index contributed by atoms with van der Waals surface area (Å²) in [4.78, 5) is 0. The van der Waals surface area contributed by atoms with E-state index in [9.17, 15) is 0 Å². The minimum atomic E-state index is 1.20. The number of nitrogens with zero attached hydrogens (tertiary/aromatic N) is 1. The third-order valence-corrected chi connectivity index (χ3v) is 0.849. The van der Waals surface area contributed by atoms with Gasteiger partial charge in [-0.2, -0.15) is 0 Å². The highest BCUT2D eigenvalue weighted by atomic mass is 32.2. The Morgan fingerprint density at radius 1 is 1.60 bits per heavy atom. The number of thiol groups is 2. The molecule has 0 aromatic heterocycles. The molecule has 0 bridgehead atoms. The highest BCUT2D eigenvalue weighted by molar-refractivity contribution is 7.96. The minimum absolute atomic E-state index is 1.20. The van der Waals surface area contributed by atoms with Gasteiger partial charge in [-0.25, -0.2) is 0 Å². The van der Waals surface area contributed by atoms with Crippen LogP contribution in [0.5, 0.6) is 0 Å². The van der Waals surface area contributed by atoms with Crippen molar-refractivity contribution in [3.05, 3.63) is 0 Å². The van der Waals surface area contributed by atoms with Crippen LogP contribution in [0.4, 0.5) is 0 Å². The molecule has 0 aromatic rings. The predicted octanol–water partition coefficient (Wildman–Crippen LogP) is 0.935. The van der Waals surface area contributed by atoms with Crippen LogP contribution in [-0.4, -0.2) is 9.20 Å². The van der Waals surface area contributed by atoms with E-state index < -0.39 is 0 Å². The summed E-state index contributed by atoms with van der Waals surface area (Å²) in [5, 5.41) is 0. The van der Waals surface area contributed by atoms with Crippen LogP contribution in [0.25, 0.3) is 0 Å². The van der Waals surface area contributed by atoms with Crippen molar-refractivity contribution in [3.8, 4) is 0 Å². The number of hydrogen-bond donors (Lipinski definition) is 2.